The molecule has 0 saturated carbocycles. The molecule has 0 radical (unpaired) electrons. The van der Waals surface area contributed by atoms with Gasteiger partial charge < -0.3 is 9.88 Å². The van der Waals surface area contributed by atoms with E-state index in [1.807, 2.05) is 0 Å². The van der Waals surface area contributed by atoms with Gasteiger partial charge in [-0.15, -0.1) is 0 Å². The fraction of sp³-hybridized carbons (Fsp3) is 0.353. The number of carbonyl (C=O) groups excluding carboxylic acids is 1. The summed E-state index contributed by atoms with van der Waals surface area (Å²) >= 11 is 0. The number of hydrogen-bond donors (Lipinski definition) is 1. The summed E-state index contributed by atoms with van der Waals surface area (Å²) in [4.78, 5) is 32.5. The molecule has 0 atom stereocenters. The highest BCUT2D eigenvalue weighted by Gasteiger charge is 2.32. The number of nitrogens with one attached hydrogen (secondary N) is 1. The Morgan fingerprint density at radius 3 is 2.27 bits per heavy atom. The molecule has 0 spiro atoms. The lowest BCUT2D eigenvalue weighted by molar-refractivity contribution is -0.148. The van der Waals surface area contributed by atoms with Crippen molar-refractivity contribution in [1.29, 1.82) is 0 Å². The predicted octanol–water partition coefficient (Wildman–Crippen LogP) is 1.76. The molecule has 1 aliphatic heterocycles. The van der Waals surface area contributed by atoms with Gasteiger partial charge in [-0.25, -0.2) is 9.78 Å². The highest BCUT2D eigenvalue weighted by molar-refractivity contribution is 5.94. The molecule has 1 N–H and O–H groups in total. The first-order valence-corrected chi connectivity index (χ1v) is 8.05. The van der Waals surface area contributed by atoms with Gasteiger partial charge in [-0.05, 0) is 17.7 Å². The Kier molecular flexibility index (Phi) is 5.08. The fourth-order valence-corrected chi connectivity index (χ4v) is 2.85. The van der Waals surface area contributed by atoms with Gasteiger partial charge >= 0.3 is 11.9 Å². The van der Waals surface area contributed by atoms with Crippen LogP contribution in [0.2, 0.25) is 0 Å². The van der Waals surface area contributed by atoms with Crippen molar-refractivity contribution in [3.63, 3.8) is 0 Å². The number of hydrogen-bond acceptors (Lipinski definition) is 4. The molecule has 0 bridgehead atoms. The summed E-state index contributed by atoms with van der Waals surface area (Å²) in [5.41, 5.74) is 1.53. The number of aromatic nitrogens is 2. The number of rotatable bonds is 3. The van der Waals surface area contributed by atoms with E-state index >= 15 is 0 Å². The molecule has 9 heteroatoms. The van der Waals surface area contributed by atoms with Crippen molar-refractivity contribution >= 4 is 5.91 Å². The van der Waals surface area contributed by atoms with Crippen molar-refractivity contribution < 1.29 is 18.0 Å². The van der Waals surface area contributed by atoms with Crippen molar-refractivity contribution in [3.05, 3.63) is 52.7 Å². The zero-order chi connectivity index (χ0) is 18.7. The SMILES string of the molecule is O=C(c1ccc(-c2cnc(=O)[nH]c2)cc1)N1CCN(CC(F)(F)F)CC1. The van der Waals surface area contributed by atoms with Gasteiger partial charge in [0.1, 0.15) is 0 Å². The third-order valence-corrected chi connectivity index (χ3v) is 4.20. The number of nitrogens with zero attached hydrogens (tertiary/aromatic N) is 3. The van der Waals surface area contributed by atoms with Crippen LogP contribution in [0.4, 0.5) is 13.2 Å². The van der Waals surface area contributed by atoms with Crippen LogP contribution in [0.25, 0.3) is 11.1 Å². The van der Waals surface area contributed by atoms with Gasteiger partial charge in [0, 0.05) is 49.7 Å². The molecule has 1 amide bonds. The largest absolute Gasteiger partial charge is 0.401 e. The van der Waals surface area contributed by atoms with Crippen LogP contribution in [-0.4, -0.2) is 64.6 Å². The molecule has 0 aliphatic carbocycles. The molecule has 26 heavy (non-hydrogen) atoms. The Morgan fingerprint density at radius 2 is 1.73 bits per heavy atom. The van der Waals surface area contributed by atoms with Crippen molar-refractivity contribution in [1.82, 2.24) is 19.8 Å². The minimum atomic E-state index is -4.22. The number of aromatic amines is 1. The Labute approximate surface area is 147 Å². The van der Waals surface area contributed by atoms with E-state index < -0.39 is 18.4 Å². The average molecular weight is 366 g/mol. The van der Waals surface area contributed by atoms with Crippen LogP contribution in [0.1, 0.15) is 10.4 Å². The molecule has 1 saturated heterocycles. The van der Waals surface area contributed by atoms with E-state index in [2.05, 4.69) is 9.97 Å². The Bertz CT molecular complexity index is 805. The molecule has 1 aliphatic rings. The lowest BCUT2D eigenvalue weighted by Crippen LogP contribution is -2.50. The average Bonchev–Trinajstić information content (AvgIpc) is 2.61. The number of benzene rings is 1. The van der Waals surface area contributed by atoms with E-state index in [1.54, 1.807) is 29.2 Å². The smallest absolute Gasteiger partial charge is 0.336 e. The minimum absolute atomic E-state index is 0.201. The summed E-state index contributed by atoms with van der Waals surface area (Å²) in [5.74, 6) is -0.206. The second-order valence-corrected chi connectivity index (χ2v) is 6.07. The van der Waals surface area contributed by atoms with Crippen molar-refractivity contribution in [2.45, 2.75) is 6.18 Å². The van der Waals surface area contributed by atoms with Crippen molar-refractivity contribution in [2.75, 3.05) is 32.7 Å². The first-order valence-electron chi connectivity index (χ1n) is 8.05. The zero-order valence-corrected chi connectivity index (χ0v) is 13.8. The maximum absolute atomic E-state index is 12.5. The molecular weight excluding hydrogens is 349 g/mol. The maximum atomic E-state index is 12.5. The van der Waals surface area contributed by atoms with Gasteiger partial charge in [0.15, 0.2) is 0 Å². The molecule has 6 nitrogen and oxygen atoms in total. The standard InChI is InChI=1S/C17H17F3N4O2/c18-17(19,20)11-23-5-7-24(8-6-23)15(25)13-3-1-12(2-4-13)14-9-21-16(26)22-10-14/h1-4,9-10H,5-8,11H2,(H,21,22,26). The Balaban J connectivity index is 1.62. The van der Waals surface area contributed by atoms with Crippen LogP contribution in [0.3, 0.4) is 0 Å². The first kappa shape index (κ1) is 18.1. The van der Waals surface area contributed by atoms with Crippen molar-refractivity contribution in [2.24, 2.45) is 0 Å². The lowest BCUT2D eigenvalue weighted by atomic mass is 10.1. The van der Waals surface area contributed by atoms with Crippen molar-refractivity contribution in [3.8, 4) is 11.1 Å². The molecule has 1 aromatic carbocycles. The number of amides is 1. The third kappa shape index (κ3) is 4.48. The maximum Gasteiger partial charge on any atom is 0.401 e. The molecule has 2 aromatic rings. The normalized spacial score (nSPS) is 15.9. The quantitative estimate of drug-likeness (QED) is 0.899. The Morgan fingerprint density at radius 1 is 1.08 bits per heavy atom. The molecule has 0 unspecified atom stereocenters. The number of alkyl halides is 3. The monoisotopic (exact) mass is 366 g/mol. The highest BCUT2D eigenvalue weighted by atomic mass is 19.4. The second-order valence-electron chi connectivity index (χ2n) is 6.07. The number of carbonyl (C=O) groups is 1. The molecule has 2 heterocycles. The number of halogens is 3. The van der Waals surface area contributed by atoms with Gasteiger partial charge in [-0.1, -0.05) is 12.1 Å². The van der Waals surface area contributed by atoms with Crippen LogP contribution < -0.4 is 5.69 Å². The summed E-state index contributed by atoms with van der Waals surface area (Å²) < 4.78 is 37.2. The van der Waals surface area contributed by atoms with Gasteiger partial charge in [0.05, 0.1) is 6.54 Å². The predicted molar refractivity (Wildman–Crippen MR) is 88.7 cm³/mol. The topological polar surface area (TPSA) is 69.3 Å². The van der Waals surface area contributed by atoms with Gasteiger partial charge in [-0.2, -0.15) is 13.2 Å². The number of H-pyrrole nitrogens is 1. The van der Waals surface area contributed by atoms with Crippen LogP contribution in [0, 0.1) is 0 Å². The van der Waals surface area contributed by atoms with Crippen LogP contribution in [0.15, 0.2) is 41.5 Å². The van der Waals surface area contributed by atoms with Crippen LogP contribution >= 0.6 is 0 Å². The summed E-state index contributed by atoms with van der Waals surface area (Å²) in [6, 6.07) is 6.79. The summed E-state index contributed by atoms with van der Waals surface area (Å²) in [6.45, 7) is -0.0172. The van der Waals surface area contributed by atoms with Gasteiger partial charge in [0.25, 0.3) is 5.91 Å². The first-order chi connectivity index (χ1) is 12.3. The van der Waals surface area contributed by atoms with E-state index in [-0.39, 0.29) is 32.1 Å². The van der Waals surface area contributed by atoms with Crippen LogP contribution in [-0.2, 0) is 0 Å². The lowest BCUT2D eigenvalue weighted by Gasteiger charge is -2.35. The summed E-state index contributed by atoms with van der Waals surface area (Å²) in [7, 11) is 0. The van der Waals surface area contributed by atoms with E-state index in [0.29, 0.717) is 11.1 Å². The molecule has 3 rings (SSSR count). The number of piperazine rings is 1. The summed E-state index contributed by atoms with van der Waals surface area (Å²) in [6.07, 6.45) is -1.25. The van der Waals surface area contributed by atoms with E-state index in [0.717, 1.165) is 5.56 Å². The molecule has 1 aromatic heterocycles. The summed E-state index contributed by atoms with van der Waals surface area (Å²) in [5, 5.41) is 0. The van der Waals surface area contributed by atoms with E-state index in [4.69, 9.17) is 0 Å². The molecule has 138 valence electrons. The van der Waals surface area contributed by atoms with E-state index in [1.165, 1.54) is 17.3 Å². The Hall–Kier alpha value is -2.68. The molecular formula is C17H17F3N4O2. The third-order valence-electron chi connectivity index (χ3n) is 4.20. The van der Waals surface area contributed by atoms with Crippen LogP contribution in [0.5, 0.6) is 0 Å². The highest BCUT2D eigenvalue weighted by Crippen LogP contribution is 2.20. The minimum Gasteiger partial charge on any atom is -0.336 e. The van der Waals surface area contributed by atoms with Gasteiger partial charge in [0.2, 0.25) is 0 Å². The van der Waals surface area contributed by atoms with Gasteiger partial charge in [-0.3, -0.25) is 9.69 Å². The fourth-order valence-electron chi connectivity index (χ4n) is 2.85. The zero-order valence-electron chi connectivity index (χ0n) is 13.8. The second kappa shape index (κ2) is 7.28. The molecule has 1 fully saturated rings. The van der Waals surface area contributed by atoms with E-state index in [9.17, 15) is 22.8 Å².